The van der Waals surface area contributed by atoms with E-state index in [4.69, 9.17) is 9.84 Å². The first-order valence-electron chi connectivity index (χ1n) is 5.45. The van der Waals surface area contributed by atoms with E-state index in [0.717, 1.165) is 22.0 Å². The van der Waals surface area contributed by atoms with E-state index in [9.17, 15) is 4.79 Å². The Bertz CT molecular complexity index is 545. The van der Waals surface area contributed by atoms with E-state index >= 15 is 0 Å². The standard InChI is InChI=1S/C12H13NO3S2/c1-7(2)11-13-8(5-18-11)4-16-9-3-10(12(14)15)17-6-9/h3,5-7H,4H2,1-2H3,(H,14,15). The first kappa shape index (κ1) is 13.0. The number of aromatic nitrogens is 1. The molecule has 0 spiro atoms. The maximum atomic E-state index is 10.7. The number of ether oxygens (including phenoxy) is 1. The van der Waals surface area contributed by atoms with Crippen LogP contribution in [0.4, 0.5) is 0 Å². The summed E-state index contributed by atoms with van der Waals surface area (Å²) in [5.41, 5.74) is 0.881. The van der Waals surface area contributed by atoms with Gasteiger partial charge in [-0.05, 0) is 0 Å². The second-order valence-corrected chi connectivity index (χ2v) is 5.87. The number of thiazole rings is 1. The number of hydrogen-bond acceptors (Lipinski definition) is 5. The van der Waals surface area contributed by atoms with Gasteiger partial charge in [0.05, 0.1) is 10.7 Å². The number of nitrogens with zero attached hydrogens (tertiary/aromatic N) is 1. The Kier molecular flexibility index (Phi) is 3.98. The number of carboxylic acid groups (broad SMARTS) is 1. The Morgan fingerprint density at radius 1 is 1.44 bits per heavy atom. The number of thiophene rings is 1. The first-order chi connectivity index (χ1) is 8.56. The van der Waals surface area contributed by atoms with Crippen LogP contribution in [0.3, 0.4) is 0 Å². The highest BCUT2D eigenvalue weighted by atomic mass is 32.1. The Labute approximate surface area is 113 Å². The van der Waals surface area contributed by atoms with Gasteiger partial charge in [-0.25, -0.2) is 9.78 Å². The van der Waals surface area contributed by atoms with Crippen molar-refractivity contribution >= 4 is 28.6 Å². The van der Waals surface area contributed by atoms with Crippen molar-refractivity contribution in [3.63, 3.8) is 0 Å². The van der Waals surface area contributed by atoms with Crippen molar-refractivity contribution < 1.29 is 14.6 Å². The molecule has 2 aromatic heterocycles. The summed E-state index contributed by atoms with van der Waals surface area (Å²) in [5.74, 6) is 0.0746. The molecule has 96 valence electrons. The molecule has 4 nitrogen and oxygen atoms in total. The Morgan fingerprint density at radius 2 is 2.22 bits per heavy atom. The molecule has 0 aliphatic rings. The minimum atomic E-state index is -0.925. The fourth-order valence-corrected chi connectivity index (χ4v) is 2.80. The SMILES string of the molecule is CC(C)c1nc(COc2csc(C(=O)O)c2)cs1. The van der Waals surface area contributed by atoms with Gasteiger partial charge in [0.2, 0.25) is 0 Å². The van der Waals surface area contributed by atoms with E-state index in [1.165, 1.54) is 6.07 Å². The van der Waals surface area contributed by atoms with E-state index < -0.39 is 5.97 Å². The zero-order valence-corrected chi connectivity index (χ0v) is 11.7. The van der Waals surface area contributed by atoms with E-state index in [0.29, 0.717) is 18.3 Å². The summed E-state index contributed by atoms with van der Waals surface area (Å²) in [6.45, 7) is 4.57. The molecular weight excluding hydrogens is 270 g/mol. The summed E-state index contributed by atoms with van der Waals surface area (Å²) in [4.78, 5) is 15.4. The predicted molar refractivity (Wildman–Crippen MR) is 71.8 cm³/mol. The maximum absolute atomic E-state index is 10.7. The minimum absolute atomic E-state index is 0.283. The minimum Gasteiger partial charge on any atom is -0.486 e. The highest BCUT2D eigenvalue weighted by Crippen LogP contribution is 2.24. The Balaban J connectivity index is 1.95. The summed E-state index contributed by atoms with van der Waals surface area (Å²) in [6, 6.07) is 1.53. The van der Waals surface area contributed by atoms with Crippen LogP contribution in [-0.2, 0) is 6.61 Å². The topological polar surface area (TPSA) is 59.4 Å². The quantitative estimate of drug-likeness (QED) is 0.910. The van der Waals surface area contributed by atoms with Crippen molar-refractivity contribution in [2.45, 2.75) is 26.4 Å². The van der Waals surface area contributed by atoms with E-state index in [1.54, 1.807) is 16.7 Å². The third-order valence-corrected chi connectivity index (χ3v) is 4.33. The summed E-state index contributed by atoms with van der Waals surface area (Å²) in [5, 5.41) is 13.5. The van der Waals surface area contributed by atoms with Crippen LogP contribution in [0.5, 0.6) is 5.75 Å². The van der Waals surface area contributed by atoms with Crippen molar-refractivity contribution in [2.75, 3.05) is 0 Å². The van der Waals surface area contributed by atoms with Crippen molar-refractivity contribution in [3.8, 4) is 5.75 Å². The fourth-order valence-electron chi connectivity index (χ4n) is 1.32. The lowest BCUT2D eigenvalue weighted by Crippen LogP contribution is -1.96. The second kappa shape index (κ2) is 5.49. The largest absolute Gasteiger partial charge is 0.486 e. The van der Waals surface area contributed by atoms with Gasteiger partial charge >= 0.3 is 5.97 Å². The Morgan fingerprint density at radius 3 is 2.78 bits per heavy atom. The van der Waals surface area contributed by atoms with Crippen LogP contribution in [0, 0.1) is 0 Å². The molecule has 0 bridgehead atoms. The van der Waals surface area contributed by atoms with Crippen molar-refractivity contribution in [2.24, 2.45) is 0 Å². The van der Waals surface area contributed by atoms with Gasteiger partial charge in [-0.3, -0.25) is 0 Å². The highest BCUT2D eigenvalue weighted by Gasteiger charge is 2.09. The predicted octanol–water partition coefficient (Wildman–Crippen LogP) is 3.61. The van der Waals surface area contributed by atoms with Crippen LogP contribution in [0.1, 0.15) is 40.1 Å². The van der Waals surface area contributed by atoms with E-state index in [1.807, 2.05) is 5.38 Å². The van der Waals surface area contributed by atoms with Crippen LogP contribution in [-0.4, -0.2) is 16.1 Å². The number of rotatable bonds is 5. The number of carboxylic acids is 1. The zero-order chi connectivity index (χ0) is 13.1. The molecule has 2 aromatic rings. The molecule has 0 amide bonds. The average molecular weight is 283 g/mol. The van der Waals surface area contributed by atoms with Gasteiger partial charge in [-0.15, -0.1) is 22.7 Å². The summed E-state index contributed by atoms with van der Waals surface area (Å²) >= 11 is 2.78. The molecule has 0 saturated carbocycles. The lowest BCUT2D eigenvalue weighted by molar-refractivity contribution is 0.0702. The molecule has 1 N–H and O–H groups in total. The lowest BCUT2D eigenvalue weighted by Gasteiger charge is -2.00. The van der Waals surface area contributed by atoms with Gasteiger partial charge in [-0.1, -0.05) is 13.8 Å². The second-order valence-electron chi connectivity index (χ2n) is 4.07. The molecule has 0 fully saturated rings. The zero-order valence-electron chi connectivity index (χ0n) is 10.0. The highest BCUT2D eigenvalue weighted by molar-refractivity contribution is 7.12. The third kappa shape index (κ3) is 3.08. The van der Waals surface area contributed by atoms with Crippen LogP contribution in [0.2, 0.25) is 0 Å². The van der Waals surface area contributed by atoms with Crippen LogP contribution in [0.15, 0.2) is 16.8 Å². The van der Waals surface area contributed by atoms with Crippen molar-refractivity contribution in [3.05, 3.63) is 32.4 Å². The average Bonchev–Trinajstić information content (AvgIpc) is 2.95. The molecule has 0 unspecified atom stereocenters. The first-order valence-corrected chi connectivity index (χ1v) is 7.21. The molecular formula is C12H13NO3S2. The fraction of sp³-hybridized carbons (Fsp3) is 0.333. The van der Waals surface area contributed by atoms with Gasteiger partial charge in [0.25, 0.3) is 0 Å². The summed E-state index contributed by atoms with van der Waals surface area (Å²) in [7, 11) is 0. The maximum Gasteiger partial charge on any atom is 0.346 e. The number of hydrogen-bond donors (Lipinski definition) is 1. The normalized spacial score (nSPS) is 10.8. The van der Waals surface area contributed by atoms with Gasteiger partial charge < -0.3 is 9.84 Å². The van der Waals surface area contributed by atoms with Gasteiger partial charge in [-0.2, -0.15) is 0 Å². The molecule has 6 heteroatoms. The number of aromatic carboxylic acids is 1. The van der Waals surface area contributed by atoms with Crippen molar-refractivity contribution in [1.29, 1.82) is 0 Å². The van der Waals surface area contributed by atoms with Gasteiger partial charge in [0, 0.05) is 22.7 Å². The van der Waals surface area contributed by atoms with E-state index in [2.05, 4.69) is 18.8 Å². The van der Waals surface area contributed by atoms with Crippen LogP contribution >= 0.6 is 22.7 Å². The van der Waals surface area contributed by atoms with Crippen molar-refractivity contribution in [1.82, 2.24) is 4.98 Å². The Hall–Kier alpha value is -1.40. The van der Waals surface area contributed by atoms with Gasteiger partial charge in [0.1, 0.15) is 17.2 Å². The third-order valence-electron chi connectivity index (χ3n) is 2.24. The van der Waals surface area contributed by atoms with E-state index in [-0.39, 0.29) is 4.88 Å². The lowest BCUT2D eigenvalue weighted by atomic mass is 10.2. The van der Waals surface area contributed by atoms with Gasteiger partial charge in [0.15, 0.2) is 0 Å². The molecule has 0 saturated heterocycles. The molecule has 2 heterocycles. The molecule has 0 atom stereocenters. The smallest absolute Gasteiger partial charge is 0.346 e. The molecule has 2 rings (SSSR count). The molecule has 18 heavy (non-hydrogen) atoms. The van der Waals surface area contributed by atoms with Crippen LogP contribution < -0.4 is 4.74 Å². The molecule has 0 aliphatic heterocycles. The van der Waals surface area contributed by atoms with Crippen LogP contribution in [0.25, 0.3) is 0 Å². The number of carbonyl (C=O) groups is 1. The molecule has 0 aliphatic carbocycles. The summed E-state index contributed by atoms with van der Waals surface area (Å²) < 4.78 is 5.51. The molecule has 0 radical (unpaired) electrons. The molecule has 0 aromatic carbocycles. The summed E-state index contributed by atoms with van der Waals surface area (Å²) in [6.07, 6.45) is 0. The monoisotopic (exact) mass is 283 g/mol.